The average Bonchev–Trinajstić information content (AvgIpc) is 3.31. The summed E-state index contributed by atoms with van der Waals surface area (Å²) in [5.74, 6) is 0.439. The minimum Gasteiger partial charge on any atom is -0.497 e. The maximum absolute atomic E-state index is 12.7. The van der Waals surface area contributed by atoms with Crippen LogP contribution in [0.15, 0.2) is 42.6 Å². The predicted octanol–water partition coefficient (Wildman–Crippen LogP) is 3.82. The highest BCUT2D eigenvalue weighted by molar-refractivity contribution is 5.97. The molecule has 1 aromatic heterocycles. The predicted molar refractivity (Wildman–Crippen MR) is 118 cm³/mol. The van der Waals surface area contributed by atoms with E-state index in [1.165, 1.54) is 0 Å². The van der Waals surface area contributed by atoms with E-state index in [-0.39, 0.29) is 24.2 Å². The van der Waals surface area contributed by atoms with Crippen LogP contribution >= 0.6 is 0 Å². The molecule has 1 aliphatic heterocycles. The van der Waals surface area contributed by atoms with Gasteiger partial charge in [0.15, 0.2) is 0 Å². The molecule has 0 unspecified atom stereocenters. The van der Waals surface area contributed by atoms with Crippen molar-refractivity contribution in [3.63, 3.8) is 0 Å². The molecule has 3 aromatic rings. The second-order valence-electron chi connectivity index (χ2n) is 8.02. The highest BCUT2D eigenvalue weighted by atomic mass is 16.5. The summed E-state index contributed by atoms with van der Waals surface area (Å²) in [5, 5.41) is 4.11. The quantitative estimate of drug-likeness (QED) is 0.655. The number of anilines is 1. The van der Waals surface area contributed by atoms with Gasteiger partial charge in [0, 0.05) is 42.3 Å². The van der Waals surface area contributed by atoms with E-state index in [4.69, 9.17) is 4.74 Å². The van der Waals surface area contributed by atoms with Crippen LogP contribution in [0.25, 0.3) is 10.9 Å². The zero-order chi connectivity index (χ0) is 21.3. The second-order valence-corrected chi connectivity index (χ2v) is 8.02. The lowest BCUT2D eigenvalue weighted by Crippen LogP contribution is -2.30. The number of rotatable bonds is 6. The number of likely N-dealkylation sites (tertiary alicyclic amines) is 1. The largest absolute Gasteiger partial charge is 0.497 e. The molecule has 1 fully saturated rings. The SMILES string of the molecule is COc1ccc2[nH]cc(CCN3C[C@@H](C(=O)Nc4cc(C)ccc4C)CC3=O)c2c1. The van der Waals surface area contributed by atoms with Gasteiger partial charge in [-0.1, -0.05) is 12.1 Å². The molecule has 1 aliphatic rings. The molecule has 2 aromatic carbocycles. The van der Waals surface area contributed by atoms with E-state index in [2.05, 4.69) is 10.3 Å². The Kier molecular flexibility index (Phi) is 5.48. The van der Waals surface area contributed by atoms with Crippen molar-refractivity contribution < 1.29 is 14.3 Å². The number of carbonyl (C=O) groups is 2. The van der Waals surface area contributed by atoms with Gasteiger partial charge in [-0.15, -0.1) is 0 Å². The molecule has 30 heavy (non-hydrogen) atoms. The van der Waals surface area contributed by atoms with Gasteiger partial charge in [-0.2, -0.15) is 0 Å². The summed E-state index contributed by atoms with van der Waals surface area (Å²) < 4.78 is 5.32. The Balaban J connectivity index is 1.39. The van der Waals surface area contributed by atoms with E-state index in [0.717, 1.165) is 45.5 Å². The normalized spacial score (nSPS) is 16.3. The Hall–Kier alpha value is -3.28. The topological polar surface area (TPSA) is 74.4 Å². The van der Waals surface area contributed by atoms with Gasteiger partial charge in [-0.25, -0.2) is 0 Å². The first-order chi connectivity index (χ1) is 14.4. The van der Waals surface area contributed by atoms with Gasteiger partial charge in [-0.3, -0.25) is 9.59 Å². The Morgan fingerprint density at radius 3 is 2.87 bits per heavy atom. The molecule has 0 spiro atoms. The highest BCUT2D eigenvalue weighted by Gasteiger charge is 2.34. The molecular formula is C24H27N3O3. The summed E-state index contributed by atoms with van der Waals surface area (Å²) in [6, 6.07) is 11.9. The summed E-state index contributed by atoms with van der Waals surface area (Å²) in [6.45, 7) is 5.02. The van der Waals surface area contributed by atoms with Crippen LogP contribution in [0.3, 0.4) is 0 Å². The van der Waals surface area contributed by atoms with Gasteiger partial charge >= 0.3 is 0 Å². The number of H-pyrrole nitrogens is 1. The van der Waals surface area contributed by atoms with Gasteiger partial charge in [0.1, 0.15) is 5.75 Å². The maximum atomic E-state index is 12.7. The second kappa shape index (κ2) is 8.22. The third-order valence-corrected chi connectivity index (χ3v) is 5.86. The maximum Gasteiger partial charge on any atom is 0.229 e. The van der Waals surface area contributed by atoms with Gasteiger partial charge in [0.05, 0.1) is 13.0 Å². The number of aromatic amines is 1. The van der Waals surface area contributed by atoms with Crippen molar-refractivity contribution in [2.75, 3.05) is 25.5 Å². The zero-order valence-corrected chi connectivity index (χ0v) is 17.6. The summed E-state index contributed by atoms with van der Waals surface area (Å²) in [6.07, 6.45) is 2.97. The summed E-state index contributed by atoms with van der Waals surface area (Å²) in [4.78, 5) is 30.3. The first-order valence-electron chi connectivity index (χ1n) is 10.2. The van der Waals surface area contributed by atoms with Crippen LogP contribution in [-0.2, 0) is 16.0 Å². The van der Waals surface area contributed by atoms with Crippen LogP contribution in [0.5, 0.6) is 5.75 Å². The molecule has 1 atom stereocenters. The number of nitrogens with zero attached hydrogens (tertiary/aromatic N) is 1. The van der Waals surface area contributed by atoms with Crippen LogP contribution in [-0.4, -0.2) is 41.9 Å². The number of fused-ring (bicyclic) bond motifs is 1. The Labute approximate surface area is 176 Å². The highest BCUT2D eigenvalue weighted by Crippen LogP contribution is 2.26. The first-order valence-corrected chi connectivity index (χ1v) is 10.2. The van der Waals surface area contributed by atoms with Crippen LogP contribution in [0.1, 0.15) is 23.1 Å². The summed E-state index contributed by atoms with van der Waals surface area (Å²) in [5.41, 5.74) is 5.11. The van der Waals surface area contributed by atoms with Crippen LogP contribution in [0.4, 0.5) is 5.69 Å². The molecular weight excluding hydrogens is 378 g/mol. The molecule has 1 saturated heterocycles. The third kappa shape index (κ3) is 4.03. The van der Waals surface area contributed by atoms with Crippen molar-refractivity contribution in [1.82, 2.24) is 9.88 Å². The number of carbonyl (C=O) groups excluding carboxylic acids is 2. The third-order valence-electron chi connectivity index (χ3n) is 5.86. The zero-order valence-electron chi connectivity index (χ0n) is 17.6. The number of benzene rings is 2. The molecule has 6 heteroatoms. The lowest BCUT2D eigenvalue weighted by atomic mass is 10.1. The average molecular weight is 405 g/mol. The lowest BCUT2D eigenvalue weighted by molar-refractivity contribution is -0.128. The number of ether oxygens (including phenoxy) is 1. The fourth-order valence-electron chi connectivity index (χ4n) is 4.02. The van der Waals surface area contributed by atoms with E-state index in [1.54, 1.807) is 12.0 Å². The molecule has 6 nitrogen and oxygen atoms in total. The van der Waals surface area contributed by atoms with E-state index in [9.17, 15) is 9.59 Å². The molecule has 156 valence electrons. The molecule has 2 amide bonds. The number of methoxy groups -OCH3 is 1. The Morgan fingerprint density at radius 1 is 1.23 bits per heavy atom. The molecule has 2 heterocycles. The molecule has 4 rings (SSSR count). The number of nitrogens with one attached hydrogen (secondary N) is 2. The van der Waals surface area contributed by atoms with Gasteiger partial charge in [0.25, 0.3) is 0 Å². The van der Waals surface area contributed by atoms with E-state index < -0.39 is 0 Å². The minimum atomic E-state index is -0.319. The lowest BCUT2D eigenvalue weighted by Gasteiger charge is -2.17. The van der Waals surface area contributed by atoms with Crippen molar-refractivity contribution in [3.05, 3.63) is 59.3 Å². The van der Waals surface area contributed by atoms with E-state index >= 15 is 0 Å². The van der Waals surface area contributed by atoms with Gasteiger partial charge < -0.3 is 19.9 Å². The van der Waals surface area contributed by atoms with E-state index in [0.29, 0.717) is 13.1 Å². The number of aryl methyl sites for hydroxylation is 2. The Bertz CT molecular complexity index is 1100. The van der Waals surface area contributed by atoms with Crippen LogP contribution in [0, 0.1) is 19.8 Å². The molecule has 0 bridgehead atoms. The number of aromatic nitrogens is 1. The number of hydrogen-bond acceptors (Lipinski definition) is 3. The van der Waals surface area contributed by atoms with Crippen molar-refractivity contribution in [2.45, 2.75) is 26.7 Å². The minimum absolute atomic E-state index is 0.0357. The molecule has 2 N–H and O–H groups in total. The van der Waals surface area contributed by atoms with Crippen molar-refractivity contribution in [3.8, 4) is 5.75 Å². The smallest absolute Gasteiger partial charge is 0.229 e. The summed E-state index contributed by atoms with van der Waals surface area (Å²) in [7, 11) is 1.65. The van der Waals surface area contributed by atoms with Crippen molar-refractivity contribution in [1.29, 1.82) is 0 Å². The van der Waals surface area contributed by atoms with Crippen LogP contribution in [0.2, 0.25) is 0 Å². The fraction of sp³-hybridized carbons (Fsp3) is 0.333. The number of hydrogen-bond donors (Lipinski definition) is 2. The monoisotopic (exact) mass is 405 g/mol. The number of amides is 2. The molecule has 0 aliphatic carbocycles. The fourth-order valence-corrected chi connectivity index (χ4v) is 4.02. The van der Waals surface area contributed by atoms with Gasteiger partial charge in [0.2, 0.25) is 11.8 Å². The molecule has 0 saturated carbocycles. The van der Waals surface area contributed by atoms with E-state index in [1.807, 2.05) is 56.4 Å². The molecule has 0 radical (unpaired) electrons. The van der Waals surface area contributed by atoms with Crippen LogP contribution < -0.4 is 10.1 Å². The Morgan fingerprint density at radius 2 is 2.07 bits per heavy atom. The first kappa shape index (κ1) is 20.0. The standard InChI is InChI=1S/C24H27N3O3/c1-15-4-5-16(2)22(10-15)26-24(29)18-11-23(28)27(14-18)9-8-17-13-25-21-7-6-19(30-3)12-20(17)21/h4-7,10,12-13,18,25H,8-9,11,14H2,1-3H3,(H,26,29)/t18-/m0/s1. The van der Waals surface area contributed by atoms with Gasteiger partial charge in [-0.05, 0) is 61.2 Å². The van der Waals surface area contributed by atoms with Crippen molar-refractivity contribution >= 4 is 28.4 Å². The summed E-state index contributed by atoms with van der Waals surface area (Å²) >= 11 is 0. The van der Waals surface area contributed by atoms with Crippen molar-refractivity contribution in [2.24, 2.45) is 5.92 Å².